The van der Waals surface area contributed by atoms with Gasteiger partial charge in [-0.05, 0) is 30.3 Å². The van der Waals surface area contributed by atoms with Crippen molar-refractivity contribution in [1.82, 2.24) is 0 Å². The summed E-state index contributed by atoms with van der Waals surface area (Å²) in [5, 5.41) is 12.7. The smallest absolute Gasteiger partial charge is 0.305 e. The van der Waals surface area contributed by atoms with Crippen LogP contribution >= 0.6 is 11.6 Å². The van der Waals surface area contributed by atoms with Crippen LogP contribution in [0.5, 0.6) is 0 Å². The lowest BCUT2D eigenvalue weighted by atomic mass is 10.00. The first kappa shape index (κ1) is 15.5. The number of anilines is 1. The zero-order valence-electron chi connectivity index (χ0n) is 12.1. The fourth-order valence-corrected chi connectivity index (χ4v) is 2.77. The summed E-state index contributed by atoms with van der Waals surface area (Å²) < 4.78 is 14.2. The average Bonchev–Trinajstić information content (AvgIpc) is 2.66. The number of benzene rings is 2. The highest BCUT2D eigenvalue weighted by atomic mass is 35.5. The monoisotopic (exact) mass is 332 g/mol. The summed E-state index contributed by atoms with van der Waals surface area (Å²) in [7, 11) is 0. The molecule has 2 N–H and O–H groups in total. The minimum atomic E-state index is -0.914. The number of aliphatic carboxylic acids is 1. The third kappa shape index (κ3) is 3.35. The van der Waals surface area contributed by atoms with Gasteiger partial charge in [0, 0.05) is 21.8 Å². The Hall–Kier alpha value is -2.40. The molecule has 0 spiro atoms. The first-order valence-electron chi connectivity index (χ1n) is 7.12. The van der Waals surface area contributed by atoms with Crippen molar-refractivity contribution in [1.29, 1.82) is 0 Å². The number of nitrogens with one attached hydrogen (secondary N) is 1. The number of aliphatic imine (C=N–C) groups is 1. The molecule has 0 amide bonds. The van der Waals surface area contributed by atoms with E-state index in [1.807, 2.05) is 0 Å². The molecule has 0 aliphatic carbocycles. The first-order valence-corrected chi connectivity index (χ1v) is 7.50. The minimum absolute atomic E-state index is 0.0733. The molecule has 3 rings (SSSR count). The Balaban J connectivity index is 2.11. The van der Waals surface area contributed by atoms with Gasteiger partial charge in [0.2, 0.25) is 0 Å². The van der Waals surface area contributed by atoms with Crippen LogP contribution in [0.2, 0.25) is 5.02 Å². The molecule has 118 valence electrons. The molecule has 0 aromatic heterocycles. The van der Waals surface area contributed by atoms with Crippen molar-refractivity contribution in [2.75, 3.05) is 11.9 Å². The van der Waals surface area contributed by atoms with E-state index in [2.05, 4.69) is 10.3 Å². The molecule has 2 aromatic carbocycles. The van der Waals surface area contributed by atoms with E-state index in [-0.39, 0.29) is 24.8 Å². The number of hydrogen-bond donors (Lipinski definition) is 2. The fourth-order valence-electron chi connectivity index (χ4n) is 2.60. The van der Waals surface area contributed by atoms with E-state index < -0.39 is 5.97 Å². The highest BCUT2D eigenvalue weighted by molar-refractivity contribution is 6.31. The summed E-state index contributed by atoms with van der Waals surface area (Å²) in [6.45, 7) is 0.238. The third-order valence-corrected chi connectivity index (χ3v) is 3.85. The Morgan fingerprint density at radius 1 is 1.30 bits per heavy atom. The molecule has 4 nitrogen and oxygen atoms in total. The van der Waals surface area contributed by atoms with Crippen LogP contribution in [-0.2, 0) is 4.79 Å². The number of carboxylic acids is 1. The quantitative estimate of drug-likeness (QED) is 0.903. The van der Waals surface area contributed by atoms with Crippen LogP contribution < -0.4 is 5.32 Å². The standard InChI is InChI=1S/C17H14ClFN2O2/c18-10-5-6-15-13(7-10)17(12-3-1-2-4-14(12)19)20-9-11(21-15)8-16(22)23/h1-7,11,21H,8-9H2,(H,22,23). The normalized spacial score (nSPS) is 16.8. The van der Waals surface area contributed by atoms with Gasteiger partial charge in [-0.2, -0.15) is 0 Å². The van der Waals surface area contributed by atoms with Gasteiger partial charge < -0.3 is 10.4 Å². The summed E-state index contributed by atoms with van der Waals surface area (Å²) in [4.78, 5) is 15.4. The van der Waals surface area contributed by atoms with Crippen molar-refractivity contribution in [3.8, 4) is 0 Å². The maximum Gasteiger partial charge on any atom is 0.305 e. The molecular weight excluding hydrogens is 319 g/mol. The number of rotatable bonds is 3. The molecular formula is C17H14ClFN2O2. The predicted octanol–water partition coefficient (Wildman–Crippen LogP) is 3.59. The number of carboxylic acid groups (broad SMARTS) is 1. The van der Waals surface area contributed by atoms with Crippen LogP contribution in [0.1, 0.15) is 17.5 Å². The summed E-state index contributed by atoms with van der Waals surface area (Å²) in [5.41, 5.74) is 2.20. The van der Waals surface area contributed by atoms with Gasteiger partial charge in [-0.1, -0.05) is 23.7 Å². The molecule has 0 saturated heterocycles. The Morgan fingerprint density at radius 2 is 2.09 bits per heavy atom. The maximum absolute atomic E-state index is 14.2. The Labute approximate surface area is 137 Å². The van der Waals surface area contributed by atoms with Gasteiger partial charge in [-0.25, -0.2) is 4.39 Å². The van der Waals surface area contributed by atoms with Crippen molar-refractivity contribution in [2.24, 2.45) is 4.99 Å². The number of fused-ring (bicyclic) bond motifs is 1. The second-order valence-electron chi connectivity index (χ2n) is 5.30. The Kier molecular flexibility index (Phi) is 4.30. The van der Waals surface area contributed by atoms with E-state index >= 15 is 0 Å². The second-order valence-corrected chi connectivity index (χ2v) is 5.73. The minimum Gasteiger partial charge on any atom is -0.481 e. The van der Waals surface area contributed by atoms with Gasteiger partial charge in [0.1, 0.15) is 5.82 Å². The average molecular weight is 333 g/mol. The molecule has 2 aromatic rings. The number of nitrogens with zero attached hydrogens (tertiary/aromatic N) is 1. The van der Waals surface area contributed by atoms with E-state index in [1.165, 1.54) is 6.07 Å². The largest absolute Gasteiger partial charge is 0.481 e. The lowest BCUT2D eigenvalue weighted by Gasteiger charge is -2.15. The maximum atomic E-state index is 14.2. The summed E-state index contributed by atoms with van der Waals surface area (Å²) in [6, 6.07) is 11.2. The van der Waals surface area contributed by atoms with Crippen LogP contribution in [0, 0.1) is 5.82 Å². The summed E-state index contributed by atoms with van der Waals surface area (Å²) in [6.07, 6.45) is -0.0733. The molecule has 6 heteroatoms. The van der Waals surface area contributed by atoms with Gasteiger partial charge in [-0.15, -0.1) is 0 Å². The van der Waals surface area contributed by atoms with Crippen molar-refractivity contribution in [2.45, 2.75) is 12.5 Å². The van der Waals surface area contributed by atoms with Crippen LogP contribution in [-0.4, -0.2) is 29.4 Å². The third-order valence-electron chi connectivity index (χ3n) is 3.62. The first-order chi connectivity index (χ1) is 11.0. The molecule has 1 atom stereocenters. The molecule has 1 unspecified atom stereocenters. The SMILES string of the molecule is O=C(O)CC1CN=C(c2ccccc2F)c2cc(Cl)ccc2N1. The summed E-state index contributed by atoms with van der Waals surface area (Å²) >= 11 is 6.07. The topological polar surface area (TPSA) is 61.7 Å². The molecule has 0 saturated carbocycles. The molecule has 0 bridgehead atoms. The molecule has 0 fully saturated rings. The van der Waals surface area contributed by atoms with Crippen molar-refractivity contribution in [3.63, 3.8) is 0 Å². The van der Waals surface area contributed by atoms with Crippen LogP contribution in [0.15, 0.2) is 47.5 Å². The van der Waals surface area contributed by atoms with Crippen LogP contribution in [0.25, 0.3) is 0 Å². The van der Waals surface area contributed by atoms with Gasteiger partial charge >= 0.3 is 5.97 Å². The van der Waals surface area contributed by atoms with Gasteiger partial charge in [-0.3, -0.25) is 9.79 Å². The number of halogens is 2. The van der Waals surface area contributed by atoms with E-state index in [4.69, 9.17) is 16.7 Å². The summed E-state index contributed by atoms with van der Waals surface area (Å²) in [5.74, 6) is -1.29. The van der Waals surface area contributed by atoms with E-state index in [0.29, 0.717) is 27.5 Å². The second kappa shape index (κ2) is 6.38. The Morgan fingerprint density at radius 3 is 2.83 bits per heavy atom. The number of benzodiazepines with no additional fused rings is 1. The molecule has 0 radical (unpaired) electrons. The molecule has 1 heterocycles. The van der Waals surface area contributed by atoms with E-state index in [1.54, 1.807) is 36.4 Å². The highest BCUT2D eigenvalue weighted by Gasteiger charge is 2.23. The van der Waals surface area contributed by atoms with E-state index in [9.17, 15) is 9.18 Å². The van der Waals surface area contributed by atoms with Gasteiger partial charge in [0.05, 0.1) is 24.7 Å². The van der Waals surface area contributed by atoms with Crippen LogP contribution in [0.3, 0.4) is 0 Å². The molecule has 1 aliphatic rings. The van der Waals surface area contributed by atoms with Gasteiger partial charge in [0.15, 0.2) is 0 Å². The van der Waals surface area contributed by atoms with Crippen LogP contribution in [0.4, 0.5) is 10.1 Å². The Bertz CT molecular complexity index is 792. The highest BCUT2D eigenvalue weighted by Crippen LogP contribution is 2.28. The van der Waals surface area contributed by atoms with Gasteiger partial charge in [0.25, 0.3) is 0 Å². The molecule has 1 aliphatic heterocycles. The zero-order chi connectivity index (χ0) is 16.4. The molecule has 23 heavy (non-hydrogen) atoms. The van der Waals surface area contributed by atoms with Crippen molar-refractivity contribution < 1.29 is 14.3 Å². The fraction of sp³-hybridized carbons (Fsp3) is 0.176. The van der Waals surface area contributed by atoms with Crippen molar-refractivity contribution in [3.05, 3.63) is 64.4 Å². The number of carbonyl (C=O) groups is 1. The number of hydrogen-bond acceptors (Lipinski definition) is 3. The van der Waals surface area contributed by atoms with Crippen molar-refractivity contribution >= 4 is 29.0 Å². The zero-order valence-corrected chi connectivity index (χ0v) is 12.8. The lowest BCUT2D eigenvalue weighted by molar-refractivity contribution is -0.137. The lowest BCUT2D eigenvalue weighted by Crippen LogP contribution is -2.25. The predicted molar refractivity (Wildman–Crippen MR) is 88.0 cm³/mol. The van der Waals surface area contributed by atoms with E-state index in [0.717, 1.165) is 0 Å².